The van der Waals surface area contributed by atoms with Crippen molar-refractivity contribution >= 4 is 0 Å². The Morgan fingerprint density at radius 3 is 1.92 bits per heavy atom. The second kappa shape index (κ2) is 3.89. The summed E-state index contributed by atoms with van der Waals surface area (Å²) >= 11 is 0. The second-order valence-corrected chi connectivity index (χ2v) is 2.33. The molecule has 0 heterocycles. The van der Waals surface area contributed by atoms with Gasteiger partial charge in [0.05, 0.1) is 21.3 Å². The maximum Gasteiger partial charge on any atom is 0.265 e. The van der Waals surface area contributed by atoms with Crippen molar-refractivity contribution in [2.24, 2.45) is 0 Å². The maximum atomic E-state index is 11.5. The molecule has 0 unspecified atom stereocenters. The van der Waals surface area contributed by atoms with Gasteiger partial charge in [-0.3, -0.25) is 5.11 Å². The first kappa shape index (κ1) is 9.51. The van der Waals surface area contributed by atoms with Crippen molar-refractivity contribution < 1.29 is 19.3 Å². The Morgan fingerprint density at radius 2 is 1.46 bits per heavy atom. The standard InChI is InChI=1S/C9H11O4/c1-11-6-4-5-7(12-2)9(13-3)8(6)10/h4-5H,1-3H3. The van der Waals surface area contributed by atoms with Crippen LogP contribution in [0.2, 0.25) is 0 Å². The fourth-order valence-electron chi connectivity index (χ4n) is 1.04. The zero-order valence-electron chi connectivity index (χ0n) is 7.79. The minimum atomic E-state index is -0.302. The quantitative estimate of drug-likeness (QED) is 0.718. The second-order valence-electron chi connectivity index (χ2n) is 2.33. The molecule has 4 heteroatoms. The molecule has 0 fully saturated rings. The number of hydrogen-bond donors (Lipinski definition) is 0. The van der Waals surface area contributed by atoms with Gasteiger partial charge in [-0.25, -0.2) is 0 Å². The van der Waals surface area contributed by atoms with Gasteiger partial charge in [-0.15, -0.1) is 0 Å². The van der Waals surface area contributed by atoms with Crippen LogP contribution in [0.4, 0.5) is 0 Å². The van der Waals surface area contributed by atoms with Gasteiger partial charge in [0.25, 0.3) is 5.75 Å². The summed E-state index contributed by atoms with van der Waals surface area (Å²) < 4.78 is 14.7. The predicted octanol–water partition coefficient (Wildman–Crippen LogP) is 1.86. The molecule has 1 rings (SSSR count). The minimum absolute atomic E-state index is 0.168. The molecule has 0 bridgehead atoms. The van der Waals surface area contributed by atoms with Crippen molar-refractivity contribution in [3.8, 4) is 23.0 Å². The Bertz CT molecular complexity index is 296. The van der Waals surface area contributed by atoms with Crippen molar-refractivity contribution in [3.05, 3.63) is 12.1 Å². The van der Waals surface area contributed by atoms with E-state index in [2.05, 4.69) is 0 Å². The van der Waals surface area contributed by atoms with Crippen molar-refractivity contribution in [2.45, 2.75) is 0 Å². The van der Waals surface area contributed by atoms with Gasteiger partial charge in [0.2, 0.25) is 5.75 Å². The Balaban J connectivity index is 3.23. The Morgan fingerprint density at radius 1 is 0.923 bits per heavy atom. The molecular formula is C9H11O4. The first-order chi connectivity index (χ1) is 6.24. The maximum absolute atomic E-state index is 11.5. The van der Waals surface area contributed by atoms with Crippen LogP contribution < -0.4 is 14.2 Å². The van der Waals surface area contributed by atoms with Crippen molar-refractivity contribution in [3.63, 3.8) is 0 Å². The van der Waals surface area contributed by atoms with Crippen molar-refractivity contribution in [1.29, 1.82) is 0 Å². The van der Waals surface area contributed by atoms with Gasteiger partial charge >= 0.3 is 0 Å². The number of hydrogen-bond acceptors (Lipinski definition) is 3. The van der Waals surface area contributed by atoms with E-state index < -0.39 is 0 Å². The Kier molecular flexibility index (Phi) is 2.84. The minimum Gasteiger partial charge on any atom is -0.493 e. The van der Waals surface area contributed by atoms with E-state index in [1.807, 2.05) is 0 Å². The Hall–Kier alpha value is -1.58. The first-order valence-electron chi connectivity index (χ1n) is 3.70. The van der Waals surface area contributed by atoms with E-state index in [0.29, 0.717) is 5.75 Å². The molecule has 1 aromatic carbocycles. The molecule has 0 amide bonds. The van der Waals surface area contributed by atoms with Crippen LogP contribution in [0.25, 0.3) is 0 Å². The lowest BCUT2D eigenvalue weighted by Gasteiger charge is -2.09. The van der Waals surface area contributed by atoms with E-state index in [4.69, 9.17) is 14.2 Å². The summed E-state index contributed by atoms with van der Waals surface area (Å²) in [4.78, 5) is 0. The van der Waals surface area contributed by atoms with Crippen LogP contribution in [0.3, 0.4) is 0 Å². The predicted molar refractivity (Wildman–Crippen MR) is 46.2 cm³/mol. The van der Waals surface area contributed by atoms with E-state index in [9.17, 15) is 5.11 Å². The summed E-state index contributed by atoms with van der Waals surface area (Å²) in [6.45, 7) is 0. The zero-order chi connectivity index (χ0) is 9.84. The van der Waals surface area contributed by atoms with E-state index in [-0.39, 0.29) is 17.2 Å². The molecule has 0 aliphatic heterocycles. The number of methoxy groups -OCH3 is 3. The number of rotatable bonds is 3. The molecule has 0 aromatic heterocycles. The topological polar surface area (TPSA) is 47.6 Å². The van der Waals surface area contributed by atoms with Crippen LogP contribution in [0.1, 0.15) is 0 Å². The summed E-state index contributed by atoms with van der Waals surface area (Å²) in [6, 6.07) is 3.17. The van der Waals surface area contributed by atoms with Gasteiger partial charge < -0.3 is 14.2 Å². The van der Waals surface area contributed by atoms with Crippen LogP contribution >= 0.6 is 0 Å². The first-order valence-corrected chi connectivity index (χ1v) is 3.70. The van der Waals surface area contributed by atoms with E-state index in [0.717, 1.165) is 0 Å². The van der Waals surface area contributed by atoms with Crippen LogP contribution in [0, 0.1) is 0 Å². The van der Waals surface area contributed by atoms with Gasteiger partial charge in [0, 0.05) is 0 Å². The summed E-state index contributed by atoms with van der Waals surface area (Å²) in [5.41, 5.74) is 0. The fraction of sp³-hybridized carbons (Fsp3) is 0.333. The lowest BCUT2D eigenvalue weighted by atomic mass is 10.2. The molecule has 1 radical (unpaired) electrons. The zero-order valence-corrected chi connectivity index (χ0v) is 7.79. The van der Waals surface area contributed by atoms with Crippen LogP contribution in [-0.2, 0) is 5.11 Å². The third kappa shape index (κ3) is 1.61. The Labute approximate surface area is 76.7 Å². The molecule has 71 valence electrons. The molecule has 0 atom stereocenters. The third-order valence-corrected chi connectivity index (χ3v) is 1.68. The highest BCUT2D eigenvalue weighted by molar-refractivity contribution is 5.57. The van der Waals surface area contributed by atoms with Crippen molar-refractivity contribution in [1.82, 2.24) is 0 Å². The van der Waals surface area contributed by atoms with Gasteiger partial charge in [0.1, 0.15) is 0 Å². The highest BCUT2D eigenvalue weighted by atomic mass is 16.5. The molecule has 0 saturated heterocycles. The highest BCUT2D eigenvalue weighted by Gasteiger charge is 2.15. The summed E-state index contributed by atoms with van der Waals surface area (Å²) in [5.74, 6) is 0.525. The van der Waals surface area contributed by atoms with Gasteiger partial charge in [0.15, 0.2) is 11.5 Å². The lowest BCUT2D eigenvalue weighted by Crippen LogP contribution is -1.92. The molecule has 1 aromatic rings. The molecule has 13 heavy (non-hydrogen) atoms. The third-order valence-electron chi connectivity index (χ3n) is 1.68. The average molecular weight is 183 g/mol. The largest absolute Gasteiger partial charge is 0.493 e. The van der Waals surface area contributed by atoms with Gasteiger partial charge in [-0.2, -0.15) is 0 Å². The molecule has 0 spiro atoms. The van der Waals surface area contributed by atoms with Crippen LogP contribution in [-0.4, -0.2) is 21.3 Å². The molecule has 0 aliphatic carbocycles. The molecule has 0 saturated carbocycles. The van der Waals surface area contributed by atoms with Gasteiger partial charge in [-0.05, 0) is 12.1 Å². The van der Waals surface area contributed by atoms with Crippen LogP contribution in [0.5, 0.6) is 23.0 Å². The van der Waals surface area contributed by atoms with E-state index in [1.165, 1.54) is 21.3 Å². The number of benzene rings is 1. The van der Waals surface area contributed by atoms with E-state index >= 15 is 0 Å². The smallest absolute Gasteiger partial charge is 0.265 e. The molecule has 4 nitrogen and oxygen atoms in total. The summed E-state index contributed by atoms with van der Waals surface area (Å²) in [6.07, 6.45) is 0. The van der Waals surface area contributed by atoms with E-state index in [1.54, 1.807) is 12.1 Å². The lowest BCUT2D eigenvalue weighted by molar-refractivity contribution is 0.277. The highest BCUT2D eigenvalue weighted by Crippen LogP contribution is 2.43. The molecule has 0 N–H and O–H groups in total. The fourth-order valence-corrected chi connectivity index (χ4v) is 1.04. The summed E-state index contributed by atoms with van der Waals surface area (Å²) in [5, 5.41) is 11.5. The molecule has 0 aliphatic rings. The number of ether oxygens (including phenoxy) is 3. The van der Waals surface area contributed by atoms with Gasteiger partial charge in [-0.1, -0.05) is 0 Å². The SMILES string of the molecule is COc1ccc(OC)c(OC)c1[O]. The molecular weight excluding hydrogens is 172 g/mol. The summed E-state index contributed by atoms with van der Waals surface area (Å²) in [7, 11) is 4.32. The van der Waals surface area contributed by atoms with Crippen molar-refractivity contribution in [2.75, 3.05) is 21.3 Å². The normalized spacial score (nSPS) is 9.46. The average Bonchev–Trinajstić information content (AvgIpc) is 2.17. The monoisotopic (exact) mass is 183 g/mol. The van der Waals surface area contributed by atoms with Crippen LogP contribution in [0.15, 0.2) is 12.1 Å².